The van der Waals surface area contributed by atoms with E-state index in [1.54, 1.807) is 22.7 Å². The van der Waals surface area contributed by atoms with Crippen molar-refractivity contribution in [3.63, 3.8) is 0 Å². The summed E-state index contributed by atoms with van der Waals surface area (Å²) in [5, 5.41) is 9.11. The summed E-state index contributed by atoms with van der Waals surface area (Å²) in [6.07, 6.45) is 2.55. The van der Waals surface area contributed by atoms with Gasteiger partial charge in [0.1, 0.15) is 11.0 Å². The molecule has 1 unspecified atom stereocenters. The summed E-state index contributed by atoms with van der Waals surface area (Å²) in [5.41, 5.74) is 4.29. The number of rotatable bonds is 4. The molecule has 1 aliphatic carbocycles. The van der Waals surface area contributed by atoms with Crippen LogP contribution in [0.25, 0.3) is 0 Å². The van der Waals surface area contributed by atoms with Crippen molar-refractivity contribution in [1.29, 1.82) is 0 Å². The summed E-state index contributed by atoms with van der Waals surface area (Å²) in [6, 6.07) is 0.813. The molecule has 1 atom stereocenters. The first-order valence-corrected chi connectivity index (χ1v) is 8.46. The lowest BCUT2D eigenvalue weighted by atomic mass is 9.93. The van der Waals surface area contributed by atoms with Crippen LogP contribution in [0, 0.1) is 0 Å². The van der Waals surface area contributed by atoms with Gasteiger partial charge in [-0.15, -0.1) is 22.7 Å². The van der Waals surface area contributed by atoms with Crippen LogP contribution in [0.2, 0.25) is 0 Å². The molecular weight excluding hydrogens is 274 g/mol. The van der Waals surface area contributed by atoms with Gasteiger partial charge in [-0.1, -0.05) is 20.8 Å². The molecule has 0 spiro atoms. The van der Waals surface area contributed by atoms with E-state index in [2.05, 4.69) is 41.8 Å². The number of nitrogens with zero attached hydrogens (tertiary/aromatic N) is 2. The van der Waals surface area contributed by atoms with Crippen LogP contribution in [0.1, 0.15) is 56.1 Å². The van der Waals surface area contributed by atoms with Crippen molar-refractivity contribution in [1.82, 2.24) is 15.3 Å². The monoisotopic (exact) mass is 293 g/mol. The number of nitrogens with one attached hydrogen (secondary N) is 1. The number of thiazole rings is 2. The first-order valence-electron chi connectivity index (χ1n) is 6.64. The van der Waals surface area contributed by atoms with E-state index in [0.29, 0.717) is 6.04 Å². The molecule has 2 heterocycles. The molecule has 1 fully saturated rings. The van der Waals surface area contributed by atoms with Gasteiger partial charge >= 0.3 is 0 Å². The van der Waals surface area contributed by atoms with E-state index >= 15 is 0 Å². The standard InChI is InChI=1S/C14H19N3S2/c1-14(2,3)11-7-19-13(17-11)12(16-9-4-5-9)10-6-18-8-15-10/h6-9,12,16H,4-5H2,1-3H3. The summed E-state index contributed by atoms with van der Waals surface area (Å²) in [6.45, 7) is 6.62. The van der Waals surface area contributed by atoms with Crippen LogP contribution in [0.5, 0.6) is 0 Å². The Labute approximate surface area is 122 Å². The lowest BCUT2D eigenvalue weighted by Crippen LogP contribution is -2.25. The van der Waals surface area contributed by atoms with E-state index in [9.17, 15) is 0 Å². The van der Waals surface area contributed by atoms with E-state index in [-0.39, 0.29) is 11.5 Å². The zero-order valence-electron chi connectivity index (χ0n) is 11.5. The van der Waals surface area contributed by atoms with Crippen molar-refractivity contribution in [3.8, 4) is 0 Å². The molecular formula is C14H19N3S2. The number of hydrogen-bond donors (Lipinski definition) is 1. The van der Waals surface area contributed by atoms with Crippen molar-refractivity contribution in [2.45, 2.75) is 51.1 Å². The normalized spacial score (nSPS) is 17.6. The Hall–Kier alpha value is -0.780. The SMILES string of the molecule is CC(C)(C)c1csc(C(NC2CC2)c2cscn2)n1. The molecule has 0 amide bonds. The molecule has 1 N–H and O–H groups in total. The topological polar surface area (TPSA) is 37.8 Å². The van der Waals surface area contributed by atoms with Crippen LogP contribution in [-0.2, 0) is 5.41 Å². The first-order chi connectivity index (χ1) is 9.04. The van der Waals surface area contributed by atoms with Crippen molar-refractivity contribution in [2.75, 3.05) is 0 Å². The molecule has 102 valence electrons. The molecule has 0 saturated heterocycles. The molecule has 3 rings (SSSR count). The molecule has 2 aromatic rings. The van der Waals surface area contributed by atoms with E-state index in [1.807, 2.05) is 5.51 Å². The van der Waals surface area contributed by atoms with Gasteiger partial charge in [0.15, 0.2) is 0 Å². The van der Waals surface area contributed by atoms with Crippen molar-refractivity contribution in [2.24, 2.45) is 0 Å². The van der Waals surface area contributed by atoms with Crippen LogP contribution < -0.4 is 5.32 Å². The lowest BCUT2D eigenvalue weighted by Gasteiger charge is -2.16. The van der Waals surface area contributed by atoms with Crippen LogP contribution in [0.4, 0.5) is 0 Å². The maximum absolute atomic E-state index is 4.84. The molecule has 0 radical (unpaired) electrons. The highest BCUT2D eigenvalue weighted by molar-refractivity contribution is 7.10. The summed E-state index contributed by atoms with van der Waals surface area (Å²) in [5.74, 6) is 0. The van der Waals surface area contributed by atoms with Crippen molar-refractivity contribution >= 4 is 22.7 Å². The molecule has 0 aromatic carbocycles. The Morgan fingerprint density at radius 2 is 2.11 bits per heavy atom. The largest absolute Gasteiger partial charge is 0.300 e. The third-order valence-electron chi connectivity index (χ3n) is 3.26. The third kappa shape index (κ3) is 3.04. The van der Waals surface area contributed by atoms with E-state index in [4.69, 9.17) is 4.98 Å². The highest BCUT2D eigenvalue weighted by atomic mass is 32.1. The second kappa shape index (κ2) is 4.96. The zero-order chi connectivity index (χ0) is 13.5. The number of aromatic nitrogens is 2. The fourth-order valence-electron chi connectivity index (χ4n) is 1.90. The summed E-state index contributed by atoms with van der Waals surface area (Å²) < 4.78 is 0. The fraction of sp³-hybridized carbons (Fsp3) is 0.571. The lowest BCUT2D eigenvalue weighted by molar-refractivity contribution is 0.554. The summed E-state index contributed by atoms with van der Waals surface area (Å²) >= 11 is 3.39. The Morgan fingerprint density at radius 3 is 2.63 bits per heavy atom. The smallest absolute Gasteiger partial charge is 0.116 e. The van der Waals surface area contributed by atoms with Gasteiger partial charge in [-0.3, -0.25) is 0 Å². The zero-order valence-corrected chi connectivity index (χ0v) is 13.1. The molecule has 0 bridgehead atoms. The highest BCUT2D eigenvalue weighted by Gasteiger charge is 2.29. The van der Waals surface area contributed by atoms with Crippen molar-refractivity contribution < 1.29 is 0 Å². The van der Waals surface area contributed by atoms with Crippen LogP contribution >= 0.6 is 22.7 Å². The van der Waals surface area contributed by atoms with Gasteiger partial charge in [0.25, 0.3) is 0 Å². The molecule has 1 aliphatic rings. The molecule has 5 heteroatoms. The van der Waals surface area contributed by atoms with Gasteiger partial charge in [-0.25, -0.2) is 9.97 Å². The molecule has 1 saturated carbocycles. The molecule has 0 aliphatic heterocycles. The Bertz CT molecular complexity index is 535. The second-order valence-electron chi connectivity index (χ2n) is 6.11. The Kier molecular flexibility index (Phi) is 3.45. The van der Waals surface area contributed by atoms with Crippen LogP contribution in [0.3, 0.4) is 0 Å². The molecule has 3 nitrogen and oxygen atoms in total. The predicted octanol–water partition coefficient (Wildman–Crippen LogP) is 3.74. The minimum absolute atomic E-state index is 0.112. The van der Waals surface area contributed by atoms with Gasteiger partial charge in [0, 0.05) is 22.2 Å². The van der Waals surface area contributed by atoms with E-state index < -0.39 is 0 Å². The fourth-order valence-corrected chi connectivity index (χ4v) is 3.59. The Morgan fingerprint density at radius 1 is 1.32 bits per heavy atom. The molecule has 19 heavy (non-hydrogen) atoms. The highest BCUT2D eigenvalue weighted by Crippen LogP contribution is 2.32. The van der Waals surface area contributed by atoms with Gasteiger partial charge in [0.2, 0.25) is 0 Å². The summed E-state index contributed by atoms with van der Waals surface area (Å²) in [7, 11) is 0. The number of hydrogen-bond acceptors (Lipinski definition) is 5. The minimum atomic E-state index is 0.112. The minimum Gasteiger partial charge on any atom is -0.300 e. The molecule has 2 aromatic heterocycles. The van der Waals surface area contributed by atoms with Gasteiger partial charge < -0.3 is 5.32 Å². The van der Waals surface area contributed by atoms with Gasteiger partial charge in [-0.05, 0) is 12.8 Å². The van der Waals surface area contributed by atoms with E-state index in [0.717, 1.165) is 10.7 Å². The first kappa shape index (κ1) is 13.2. The quantitative estimate of drug-likeness (QED) is 0.933. The second-order valence-corrected chi connectivity index (χ2v) is 7.72. The average molecular weight is 293 g/mol. The maximum Gasteiger partial charge on any atom is 0.116 e. The predicted molar refractivity (Wildman–Crippen MR) is 80.9 cm³/mol. The Balaban J connectivity index is 1.88. The maximum atomic E-state index is 4.84. The van der Waals surface area contributed by atoms with Gasteiger partial charge in [0.05, 0.1) is 16.9 Å². The van der Waals surface area contributed by atoms with E-state index in [1.165, 1.54) is 18.5 Å². The van der Waals surface area contributed by atoms with Crippen LogP contribution in [0.15, 0.2) is 16.3 Å². The van der Waals surface area contributed by atoms with Crippen LogP contribution in [-0.4, -0.2) is 16.0 Å². The summed E-state index contributed by atoms with van der Waals surface area (Å²) in [4.78, 5) is 9.31. The van der Waals surface area contributed by atoms with Crippen molar-refractivity contribution in [3.05, 3.63) is 32.7 Å². The average Bonchev–Trinajstić information content (AvgIpc) is 2.86. The third-order valence-corrected chi connectivity index (χ3v) is 4.78. The van der Waals surface area contributed by atoms with Gasteiger partial charge in [-0.2, -0.15) is 0 Å².